The lowest BCUT2D eigenvalue weighted by atomic mass is 9.85. The quantitative estimate of drug-likeness (QED) is 0.483. The summed E-state index contributed by atoms with van der Waals surface area (Å²) >= 11 is 0. The Balaban J connectivity index is 1.52. The third-order valence-corrected chi connectivity index (χ3v) is 6.94. The predicted octanol–water partition coefficient (Wildman–Crippen LogP) is 3.96. The van der Waals surface area contributed by atoms with Crippen molar-refractivity contribution >= 4 is 34.7 Å². The first-order chi connectivity index (χ1) is 16.9. The number of ether oxygens (including phenoxy) is 1. The van der Waals surface area contributed by atoms with Crippen molar-refractivity contribution in [3.05, 3.63) is 35.5 Å². The zero-order valence-corrected chi connectivity index (χ0v) is 19.6. The fraction of sp³-hybridized carbons (Fsp3) is 0.500. The van der Waals surface area contributed by atoms with E-state index in [9.17, 15) is 13.6 Å². The Kier molecular flexibility index (Phi) is 6.50. The monoisotopic (exact) mass is 485 g/mol. The maximum atomic E-state index is 14.7. The third-order valence-electron chi connectivity index (χ3n) is 6.94. The lowest BCUT2D eigenvalue weighted by Crippen LogP contribution is -2.29. The molecule has 35 heavy (non-hydrogen) atoms. The summed E-state index contributed by atoms with van der Waals surface area (Å²) in [7, 11) is 0. The van der Waals surface area contributed by atoms with Crippen LogP contribution in [0.2, 0.25) is 0 Å². The molecule has 2 aliphatic rings. The number of hydrogen-bond donors (Lipinski definition) is 3. The number of nitrogens with one attached hydrogen (secondary N) is 2. The molecule has 0 spiro atoms. The van der Waals surface area contributed by atoms with Gasteiger partial charge in [-0.1, -0.05) is 0 Å². The van der Waals surface area contributed by atoms with Gasteiger partial charge in [0.2, 0.25) is 17.8 Å². The van der Waals surface area contributed by atoms with Gasteiger partial charge in [-0.3, -0.25) is 9.36 Å². The minimum absolute atomic E-state index is 0.0206. The molecule has 11 heteroatoms. The van der Waals surface area contributed by atoms with Crippen LogP contribution in [0.4, 0.5) is 26.4 Å². The third kappa shape index (κ3) is 4.90. The summed E-state index contributed by atoms with van der Waals surface area (Å²) in [6.07, 6.45) is 6.09. The molecule has 1 aliphatic carbocycles. The Labute approximate surface area is 201 Å². The smallest absolute Gasteiger partial charge is 0.224 e. The summed E-state index contributed by atoms with van der Waals surface area (Å²) in [6, 6.07) is 2.31. The summed E-state index contributed by atoms with van der Waals surface area (Å²) in [5, 5.41) is 6.45. The Morgan fingerprint density at radius 2 is 1.86 bits per heavy atom. The van der Waals surface area contributed by atoms with Crippen molar-refractivity contribution in [3.8, 4) is 0 Å². The maximum Gasteiger partial charge on any atom is 0.224 e. The standard InChI is InChI=1S/C24H29F2N7O2/c1-13-10-15(25)11-18(26)20(13)31-24-30-19-12-28-23(29-16-6-8-35-9-7-16)32-22(19)33(24)17-4-2-14(3-5-17)21(27)34/h10-12,14,16-17H,2-9H2,1H3,(H2,27,34)(H,30,31)(H,28,29,32)/t14-,17+. The van der Waals surface area contributed by atoms with Crippen LogP contribution in [0.25, 0.3) is 11.2 Å². The second kappa shape index (κ2) is 9.73. The van der Waals surface area contributed by atoms with Crippen molar-refractivity contribution in [2.24, 2.45) is 11.7 Å². The number of fused-ring (bicyclic) bond motifs is 1. The van der Waals surface area contributed by atoms with Crippen LogP contribution >= 0.6 is 0 Å². The van der Waals surface area contributed by atoms with Crippen LogP contribution in [0.15, 0.2) is 18.3 Å². The number of nitrogens with two attached hydrogens (primary N) is 1. The van der Waals surface area contributed by atoms with E-state index < -0.39 is 11.6 Å². The number of amides is 1. The molecule has 0 atom stereocenters. The van der Waals surface area contributed by atoms with Crippen molar-refractivity contribution < 1.29 is 18.3 Å². The number of benzene rings is 1. The average molecular weight is 486 g/mol. The first-order valence-electron chi connectivity index (χ1n) is 12.0. The van der Waals surface area contributed by atoms with Crippen LogP contribution in [0.1, 0.15) is 50.1 Å². The molecule has 3 heterocycles. The van der Waals surface area contributed by atoms with Crippen LogP contribution in [0.3, 0.4) is 0 Å². The van der Waals surface area contributed by atoms with E-state index in [2.05, 4.69) is 20.6 Å². The number of imidazole rings is 1. The van der Waals surface area contributed by atoms with E-state index in [4.69, 9.17) is 15.5 Å². The largest absolute Gasteiger partial charge is 0.381 e. The second-order valence-corrected chi connectivity index (χ2v) is 9.35. The van der Waals surface area contributed by atoms with Crippen LogP contribution in [0, 0.1) is 24.5 Å². The van der Waals surface area contributed by atoms with E-state index in [0.29, 0.717) is 67.5 Å². The Morgan fingerprint density at radius 1 is 1.11 bits per heavy atom. The first kappa shape index (κ1) is 23.4. The number of halogens is 2. The fourth-order valence-corrected chi connectivity index (χ4v) is 5.01. The maximum absolute atomic E-state index is 14.7. The van der Waals surface area contributed by atoms with E-state index in [1.54, 1.807) is 13.1 Å². The molecule has 1 aromatic carbocycles. The van der Waals surface area contributed by atoms with Crippen LogP contribution in [-0.2, 0) is 9.53 Å². The highest BCUT2D eigenvalue weighted by molar-refractivity contribution is 5.78. The number of hydrogen-bond acceptors (Lipinski definition) is 7. The minimum atomic E-state index is -0.702. The van der Waals surface area contributed by atoms with Crippen molar-refractivity contribution in [3.63, 3.8) is 0 Å². The van der Waals surface area contributed by atoms with Crippen molar-refractivity contribution in [2.45, 2.75) is 57.5 Å². The van der Waals surface area contributed by atoms with Crippen molar-refractivity contribution in [1.29, 1.82) is 0 Å². The number of rotatable bonds is 6. The lowest BCUT2D eigenvalue weighted by molar-refractivity contribution is -0.122. The SMILES string of the molecule is Cc1cc(F)cc(F)c1Nc1nc2cnc(NC3CCOCC3)nc2n1[C@H]1CC[C@@H](C(N)=O)CC1. The molecule has 1 aliphatic heterocycles. The van der Waals surface area contributed by atoms with E-state index in [1.165, 1.54) is 6.07 Å². The lowest BCUT2D eigenvalue weighted by Gasteiger charge is -2.29. The topological polar surface area (TPSA) is 120 Å². The molecule has 1 saturated heterocycles. The number of primary amides is 1. The first-order valence-corrected chi connectivity index (χ1v) is 12.0. The molecule has 2 aromatic heterocycles. The Morgan fingerprint density at radius 3 is 2.54 bits per heavy atom. The highest BCUT2D eigenvalue weighted by atomic mass is 19.1. The molecule has 9 nitrogen and oxygen atoms in total. The van der Waals surface area contributed by atoms with E-state index in [0.717, 1.165) is 18.9 Å². The number of anilines is 3. The van der Waals surface area contributed by atoms with Gasteiger partial charge in [-0.05, 0) is 57.1 Å². The van der Waals surface area contributed by atoms with Crippen molar-refractivity contribution in [1.82, 2.24) is 19.5 Å². The molecule has 4 N–H and O–H groups in total. The van der Waals surface area contributed by atoms with Gasteiger partial charge >= 0.3 is 0 Å². The predicted molar refractivity (Wildman–Crippen MR) is 127 cm³/mol. The Hall–Kier alpha value is -3.34. The van der Waals surface area contributed by atoms with Gasteiger partial charge in [0, 0.05) is 37.3 Å². The number of nitrogens with zero attached hydrogens (tertiary/aromatic N) is 4. The molecule has 5 rings (SSSR count). The van der Waals surface area contributed by atoms with Gasteiger partial charge in [0.25, 0.3) is 0 Å². The molecule has 186 valence electrons. The summed E-state index contributed by atoms with van der Waals surface area (Å²) in [4.78, 5) is 25.6. The number of aryl methyl sites for hydroxylation is 1. The molecule has 2 fully saturated rings. The fourth-order valence-electron chi connectivity index (χ4n) is 5.01. The molecular formula is C24H29F2N7O2. The number of aromatic nitrogens is 4. The normalized spacial score (nSPS) is 21.2. The molecular weight excluding hydrogens is 456 g/mol. The minimum Gasteiger partial charge on any atom is -0.381 e. The van der Waals surface area contributed by atoms with Gasteiger partial charge < -0.3 is 21.1 Å². The summed E-state index contributed by atoms with van der Waals surface area (Å²) in [6.45, 7) is 3.02. The summed E-state index contributed by atoms with van der Waals surface area (Å²) < 4.78 is 35.7. The van der Waals surface area contributed by atoms with Crippen molar-refractivity contribution in [2.75, 3.05) is 23.8 Å². The van der Waals surface area contributed by atoms with E-state index >= 15 is 0 Å². The van der Waals surface area contributed by atoms with Crippen LogP contribution in [-0.4, -0.2) is 44.7 Å². The zero-order chi connectivity index (χ0) is 24.5. The van der Waals surface area contributed by atoms with Gasteiger partial charge in [-0.25, -0.2) is 18.7 Å². The highest BCUT2D eigenvalue weighted by Gasteiger charge is 2.29. The zero-order valence-electron chi connectivity index (χ0n) is 19.6. The van der Waals surface area contributed by atoms with Crippen LogP contribution < -0.4 is 16.4 Å². The number of carbonyl (C=O) groups excluding carboxylic acids is 1. The molecule has 0 radical (unpaired) electrons. The molecule has 0 unspecified atom stereocenters. The van der Waals surface area contributed by atoms with E-state index in [1.807, 2.05) is 4.57 Å². The number of carbonyl (C=O) groups is 1. The molecule has 3 aromatic rings. The van der Waals surface area contributed by atoms with Crippen LogP contribution in [0.5, 0.6) is 0 Å². The molecule has 1 saturated carbocycles. The van der Waals surface area contributed by atoms with Gasteiger partial charge in [-0.15, -0.1) is 0 Å². The van der Waals surface area contributed by atoms with Gasteiger partial charge in [-0.2, -0.15) is 4.98 Å². The van der Waals surface area contributed by atoms with Gasteiger partial charge in [0.05, 0.1) is 11.9 Å². The van der Waals surface area contributed by atoms with Gasteiger partial charge in [0.15, 0.2) is 5.65 Å². The molecule has 1 amide bonds. The average Bonchev–Trinajstić information content (AvgIpc) is 3.19. The van der Waals surface area contributed by atoms with Gasteiger partial charge in [0.1, 0.15) is 17.2 Å². The summed E-state index contributed by atoms with van der Waals surface area (Å²) in [5.41, 5.74) is 7.27. The Bertz CT molecular complexity index is 1210. The highest BCUT2D eigenvalue weighted by Crippen LogP contribution is 2.37. The second-order valence-electron chi connectivity index (χ2n) is 9.35. The summed E-state index contributed by atoms with van der Waals surface area (Å²) in [5.74, 6) is -0.896. The van der Waals surface area contributed by atoms with E-state index in [-0.39, 0.29) is 29.6 Å². The molecule has 0 bridgehead atoms.